The number of benzene rings is 1. The van der Waals surface area contributed by atoms with Crippen LogP contribution in [0.4, 0.5) is 0 Å². The lowest BCUT2D eigenvalue weighted by Crippen LogP contribution is -2.34. The van der Waals surface area contributed by atoms with Crippen molar-refractivity contribution in [1.29, 1.82) is 0 Å². The third kappa shape index (κ3) is 13.5. The van der Waals surface area contributed by atoms with E-state index in [1.54, 1.807) is 37.0 Å². The Kier molecular flexibility index (Phi) is 14.0. The zero-order valence-corrected chi connectivity index (χ0v) is 20.4. The molecule has 1 unspecified atom stereocenters. The number of carbonyl (C=O) groups excluding carboxylic acids is 1. The molecule has 0 aliphatic rings. The number of thioether (sulfide) groups is 1. The molecule has 0 spiro atoms. The Hall–Kier alpha value is -1.30. The number of aliphatic imine (C=N–C) groups is 1. The van der Waals surface area contributed by atoms with Gasteiger partial charge in [0.2, 0.25) is 0 Å². The fourth-order valence-corrected chi connectivity index (χ4v) is 2.26. The zero-order valence-electron chi connectivity index (χ0n) is 18.8. The number of carbonyl (C=O) groups is 1. The number of nitrogens with zero attached hydrogens (tertiary/aromatic N) is 1. The van der Waals surface area contributed by atoms with Crippen LogP contribution < -0.4 is 0 Å². The van der Waals surface area contributed by atoms with Crippen LogP contribution in [0.2, 0.25) is 5.02 Å². The number of hydrogen-bond acceptors (Lipinski definition) is 5. The minimum Gasteiger partial charge on any atom is -0.467 e. The normalized spacial score (nSPS) is 13.8. The predicted octanol–water partition coefficient (Wildman–Crippen LogP) is 6.07. The van der Waals surface area contributed by atoms with E-state index in [2.05, 4.69) is 25.8 Å². The first-order valence-electron chi connectivity index (χ1n) is 9.60. The molecule has 0 amide bonds. The molecule has 0 bridgehead atoms. The van der Waals surface area contributed by atoms with Crippen molar-refractivity contribution in [2.24, 2.45) is 10.4 Å². The van der Waals surface area contributed by atoms with E-state index in [9.17, 15) is 4.79 Å². The second-order valence-electron chi connectivity index (χ2n) is 8.06. The van der Waals surface area contributed by atoms with Crippen LogP contribution in [0.15, 0.2) is 41.4 Å². The van der Waals surface area contributed by atoms with Crippen molar-refractivity contribution >= 4 is 35.5 Å². The van der Waals surface area contributed by atoms with E-state index in [1.165, 1.54) is 7.11 Å². The van der Waals surface area contributed by atoms with Crippen LogP contribution >= 0.6 is 23.4 Å². The molecule has 0 aromatic heterocycles. The molecule has 0 aliphatic carbocycles. The second kappa shape index (κ2) is 14.6. The van der Waals surface area contributed by atoms with Gasteiger partial charge in [-0.25, -0.2) is 4.79 Å². The largest absolute Gasteiger partial charge is 0.467 e. The summed E-state index contributed by atoms with van der Waals surface area (Å²) in [4.78, 5) is 16.6. The van der Waals surface area contributed by atoms with Gasteiger partial charge in [0.25, 0.3) is 0 Å². The second-order valence-corrected chi connectivity index (χ2v) is 9.31. The molecule has 6 heteroatoms. The highest BCUT2D eigenvalue weighted by Gasteiger charge is 2.32. The van der Waals surface area contributed by atoms with Crippen LogP contribution in [-0.4, -0.2) is 50.6 Å². The first-order valence-corrected chi connectivity index (χ1v) is 11.6. The lowest BCUT2D eigenvalue weighted by molar-refractivity contribution is -0.146. The molecule has 164 valence electrons. The van der Waals surface area contributed by atoms with Crippen LogP contribution in [0.25, 0.3) is 0 Å². The van der Waals surface area contributed by atoms with Crippen LogP contribution in [0.1, 0.15) is 46.1 Å². The third-order valence-electron chi connectivity index (χ3n) is 3.64. The van der Waals surface area contributed by atoms with Gasteiger partial charge < -0.3 is 9.47 Å². The van der Waals surface area contributed by atoms with E-state index < -0.39 is 5.54 Å². The molecular weight excluding hydrogens is 406 g/mol. The molecule has 0 saturated heterocycles. The van der Waals surface area contributed by atoms with Crippen LogP contribution in [0.3, 0.4) is 0 Å². The Balaban J connectivity index is 0.00000245. The third-order valence-corrected chi connectivity index (χ3v) is 3.89. The van der Waals surface area contributed by atoms with Crippen molar-refractivity contribution < 1.29 is 14.3 Å². The molecule has 0 fully saturated rings. The predicted molar refractivity (Wildman–Crippen MR) is 128 cm³/mol. The summed E-state index contributed by atoms with van der Waals surface area (Å²) in [5.41, 5.74) is 0.0878. The average molecular weight is 442 g/mol. The highest BCUT2D eigenvalue weighted by atomic mass is 35.5. The van der Waals surface area contributed by atoms with E-state index in [-0.39, 0.29) is 11.4 Å². The standard InChI is InChI=1S/C21H30ClNO3.C2H6S/c1-20(2,3)16-26-14-8-6-7-13-21(4,19(24)25-5)23-15-17-9-11-18(22)12-10-17;1-3-2/h6-7,9-12,15H,8,13-14,16H2,1-5H3;1-2H3/b7-6-,23-15?;. The van der Waals surface area contributed by atoms with Gasteiger partial charge in [0.1, 0.15) is 0 Å². The van der Waals surface area contributed by atoms with Crippen molar-refractivity contribution in [2.75, 3.05) is 32.8 Å². The van der Waals surface area contributed by atoms with Crippen molar-refractivity contribution in [2.45, 2.75) is 46.1 Å². The minimum absolute atomic E-state index is 0.170. The van der Waals surface area contributed by atoms with Gasteiger partial charge in [0.05, 0.1) is 20.3 Å². The maximum absolute atomic E-state index is 12.2. The average Bonchev–Trinajstić information content (AvgIpc) is 2.66. The number of halogens is 1. The van der Waals surface area contributed by atoms with Gasteiger partial charge in [-0.2, -0.15) is 11.8 Å². The van der Waals surface area contributed by atoms with Crippen LogP contribution in [-0.2, 0) is 14.3 Å². The summed E-state index contributed by atoms with van der Waals surface area (Å²) in [6.07, 6.45) is 11.0. The highest BCUT2D eigenvalue weighted by molar-refractivity contribution is 7.97. The first-order chi connectivity index (χ1) is 13.6. The SMILES string of the molecule is COC(=O)C(C)(C/C=C\CCOCC(C)(C)C)N=Cc1ccc(Cl)cc1.CSC. The van der Waals surface area contributed by atoms with Crippen molar-refractivity contribution in [3.63, 3.8) is 0 Å². The molecule has 0 heterocycles. The summed E-state index contributed by atoms with van der Waals surface area (Å²) in [5, 5.41) is 0.662. The summed E-state index contributed by atoms with van der Waals surface area (Å²) < 4.78 is 10.6. The number of ether oxygens (including phenoxy) is 2. The molecule has 0 N–H and O–H groups in total. The van der Waals surface area contributed by atoms with Gasteiger partial charge in [0.15, 0.2) is 5.54 Å². The molecule has 1 rings (SSSR count). The summed E-state index contributed by atoms with van der Waals surface area (Å²) in [5.74, 6) is -0.364. The quantitative estimate of drug-likeness (QED) is 0.202. The number of rotatable bonds is 9. The zero-order chi connectivity index (χ0) is 22.3. The van der Waals surface area contributed by atoms with Crippen LogP contribution in [0, 0.1) is 5.41 Å². The first kappa shape index (κ1) is 27.7. The van der Waals surface area contributed by atoms with Gasteiger partial charge in [-0.15, -0.1) is 0 Å². The lowest BCUT2D eigenvalue weighted by atomic mass is 9.98. The molecule has 0 aliphatic heterocycles. The molecular formula is C23H36ClNO3S. The van der Waals surface area contributed by atoms with Gasteiger partial charge >= 0.3 is 5.97 Å². The number of esters is 1. The molecule has 0 radical (unpaired) electrons. The smallest absolute Gasteiger partial charge is 0.333 e. The monoisotopic (exact) mass is 441 g/mol. The lowest BCUT2D eigenvalue weighted by Gasteiger charge is -2.20. The molecule has 29 heavy (non-hydrogen) atoms. The Morgan fingerprint density at radius 1 is 1.14 bits per heavy atom. The Morgan fingerprint density at radius 3 is 2.24 bits per heavy atom. The van der Waals surface area contributed by atoms with Crippen molar-refractivity contribution in [3.8, 4) is 0 Å². The topological polar surface area (TPSA) is 47.9 Å². The Morgan fingerprint density at radius 2 is 1.72 bits per heavy atom. The minimum atomic E-state index is -0.961. The van der Waals surface area contributed by atoms with E-state index in [4.69, 9.17) is 21.1 Å². The molecule has 0 saturated carbocycles. The van der Waals surface area contributed by atoms with Crippen molar-refractivity contribution in [3.05, 3.63) is 47.0 Å². The number of hydrogen-bond donors (Lipinski definition) is 0. The summed E-state index contributed by atoms with van der Waals surface area (Å²) in [6.45, 7) is 9.59. The summed E-state index contributed by atoms with van der Waals surface area (Å²) in [7, 11) is 1.38. The number of methoxy groups -OCH3 is 1. The van der Waals surface area contributed by atoms with Gasteiger partial charge in [0, 0.05) is 17.7 Å². The summed E-state index contributed by atoms with van der Waals surface area (Å²) >= 11 is 7.63. The fourth-order valence-electron chi connectivity index (χ4n) is 2.13. The molecule has 1 aromatic rings. The van der Waals surface area contributed by atoms with Gasteiger partial charge in [-0.3, -0.25) is 4.99 Å². The van der Waals surface area contributed by atoms with Crippen molar-refractivity contribution in [1.82, 2.24) is 0 Å². The van der Waals surface area contributed by atoms with E-state index in [0.29, 0.717) is 18.1 Å². The Labute approximate surface area is 186 Å². The molecule has 1 aromatic carbocycles. The maximum Gasteiger partial charge on any atom is 0.333 e. The van der Waals surface area contributed by atoms with Gasteiger partial charge in [-0.05, 0) is 49.0 Å². The molecule has 4 nitrogen and oxygen atoms in total. The summed E-state index contributed by atoms with van der Waals surface area (Å²) in [6, 6.07) is 7.28. The van der Waals surface area contributed by atoms with E-state index in [0.717, 1.165) is 18.6 Å². The Bertz CT molecular complexity index is 639. The van der Waals surface area contributed by atoms with Crippen LogP contribution in [0.5, 0.6) is 0 Å². The van der Waals surface area contributed by atoms with E-state index in [1.807, 2.05) is 36.8 Å². The fraction of sp³-hybridized carbons (Fsp3) is 0.565. The van der Waals surface area contributed by atoms with E-state index >= 15 is 0 Å². The highest BCUT2D eigenvalue weighted by Crippen LogP contribution is 2.19. The van der Waals surface area contributed by atoms with Gasteiger partial charge in [-0.1, -0.05) is 56.7 Å². The maximum atomic E-state index is 12.2. The molecule has 1 atom stereocenters.